The van der Waals surface area contributed by atoms with E-state index in [4.69, 9.17) is 5.84 Å². The van der Waals surface area contributed by atoms with Crippen LogP contribution in [0, 0.1) is 16.3 Å². The second-order valence-electron chi connectivity index (χ2n) is 4.55. The van der Waals surface area contributed by atoms with Crippen molar-refractivity contribution in [2.24, 2.45) is 5.84 Å². The molecular weight excluding hydrogens is 354 g/mol. The summed E-state index contributed by atoms with van der Waals surface area (Å²) in [7, 11) is 0. The van der Waals surface area contributed by atoms with E-state index in [0.29, 0.717) is 0 Å². The highest BCUT2D eigenvalue weighted by molar-refractivity contribution is 14.1. The minimum atomic E-state index is -0.233. The summed E-state index contributed by atoms with van der Waals surface area (Å²) < 4.78 is 14.6. The Hall–Kier alpha value is -0.980. The monoisotopic (exact) mass is 370 g/mol. The summed E-state index contributed by atoms with van der Waals surface area (Å²) >= 11 is 2.27. The van der Waals surface area contributed by atoms with Gasteiger partial charge in [-0.1, -0.05) is 18.2 Å². The van der Waals surface area contributed by atoms with Gasteiger partial charge in [-0.2, -0.15) is 0 Å². The fourth-order valence-corrected chi connectivity index (χ4v) is 2.46. The Bertz CT molecular complexity index is 555. The van der Waals surface area contributed by atoms with Crippen molar-refractivity contribution in [2.45, 2.75) is 19.4 Å². The van der Waals surface area contributed by atoms with Crippen LogP contribution in [-0.2, 0) is 6.42 Å². The SMILES string of the molecule is Cc1ccc(F)cc1C(Cc1ccc(I)cc1)NN. The number of halogens is 2. The fourth-order valence-electron chi connectivity index (χ4n) is 2.10. The van der Waals surface area contributed by atoms with Crippen LogP contribution in [0.3, 0.4) is 0 Å². The molecule has 0 fully saturated rings. The van der Waals surface area contributed by atoms with Gasteiger partial charge >= 0.3 is 0 Å². The Balaban J connectivity index is 2.24. The average Bonchev–Trinajstić information content (AvgIpc) is 2.41. The lowest BCUT2D eigenvalue weighted by atomic mass is 9.96. The maximum Gasteiger partial charge on any atom is 0.123 e. The molecule has 3 N–H and O–H groups in total. The van der Waals surface area contributed by atoms with Gasteiger partial charge in [0.25, 0.3) is 0 Å². The van der Waals surface area contributed by atoms with Crippen LogP contribution in [0.1, 0.15) is 22.7 Å². The molecule has 0 aliphatic carbocycles. The van der Waals surface area contributed by atoms with Gasteiger partial charge < -0.3 is 0 Å². The summed E-state index contributed by atoms with van der Waals surface area (Å²) in [5, 5.41) is 0. The standard InChI is InChI=1S/C15H16FIN2/c1-10-2-5-12(16)9-14(10)15(19-18)8-11-3-6-13(17)7-4-11/h2-7,9,15,19H,8,18H2,1H3. The minimum Gasteiger partial charge on any atom is -0.271 e. The second-order valence-corrected chi connectivity index (χ2v) is 5.80. The van der Waals surface area contributed by atoms with Gasteiger partial charge in [0, 0.05) is 3.57 Å². The Morgan fingerprint density at radius 1 is 1.21 bits per heavy atom. The van der Waals surface area contributed by atoms with Crippen LogP contribution in [0.25, 0.3) is 0 Å². The molecule has 2 nitrogen and oxygen atoms in total. The van der Waals surface area contributed by atoms with E-state index >= 15 is 0 Å². The maximum absolute atomic E-state index is 13.4. The number of benzene rings is 2. The van der Waals surface area contributed by atoms with Gasteiger partial charge in [-0.15, -0.1) is 0 Å². The van der Waals surface area contributed by atoms with Crippen LogP contribution in [-0.4, -0.2) is 0 Å². The zero-order valence-electron chi connectivity index (χ0n) is 10.7. The highest BCUT2D eigenvalue weighted by Gasteiger charge is 2.13. The van der Waals surface area contributed by atoms with Gasteiger partial charge in [0.2, 0.25) is 0 Å². The van der Waals surface area contributed by atoms with Crippen molar-refractivity contribution in [3.8, 4) is 0 Å². The Kier molecular flexibility index (Phi) is 4.90. The summed E-state index contributed by atoms with van der Waals surface area (Å²) in [6.07, 6.45) is 0.734. The van der Waals surface area contributed by atoms with Gasteiger partial charge in [-0.05, 0) is 76.9 Å². The van der Waals surface area contributed by atoms with E-state index < -0.39 is 0 Å². The van der Waals surface area contributed by atoms with Crippen molar-refractivity contribution in [3.05, 3.63) is 68.5 Å². The lowest BCUT2D eigenvalue weighted by molar-refractivity contribution is 0.541. The number of aryl methyl sites for hydroxylation is 1. The molecule has 0 aliphatic rings. The molecule has 0 radical (unpaired) electrons. The molecule has 0 bridgehead atoms. The molecule has 100 valence electrons. The third-order valence-corrected chi connectivity index (χ3v) is 3.89. The van der Waals surface area contributed by atoms with Crippen LogP contribution >= 0.6 is 22.6 Å². The van der Waals surface area contributed by atoms with E-state index in [1.54, 1.807) is 12.1 Å². The first-order chi connectivity index (χ1) is 9.10. The molecule has 1 atom stereocenters. The van der Waals surface area contributed by atoms with Gasteiger partial charge in [-0.3, -0.25) is 11.3 Å². The second kappa shape index (κ2) is 6.45. The Morgan fingerprint density at radius 2 is 1.89 bits per heavy atom. The lowest BCUT2D eigenvalue weighted by Gasteiger charge is -2.19. The fraction of sp³-hybridized carbons (Fsp3) is 0.200. The number of hydrogen-bond donors (Lipinski definition) is 2. The zero-order valence-corrected chi connectivity index (χ0v) is 12.8. The number of rotatable bonds is 4. The molecule has 19 heavy (non-hydrogen) atoms. The van der Waals surface area contributed by atoms with Crippen molar-refractivity contribution < 1.29 is 4.39 Å². The molecule has 0 aliphatic heterocycles. The van der Waals surface area contributed by atoms with E-state index in [1.807, 2.05) is 6.92 Å². The zero-order chi connectivity index (χ0) is 13.8. The van der Waals surface area contributed by atoms with Gasteiger partial charge in [-0.25, -0.2) is 4.39 Å². The smallest absolute Gasteiger partial charge is 0.123 e. The lowest BCUT2D eigenvalue weighted by Crippen LogP contribution is -2.30. The molecule has 0 saturated carbocycles. The number of hydrogen-bond acceptors (Lipinski definition) is 2. The highest BCUT2D eigenvalue weighted by atomic mass is 127. The quantitative estimate of drug-likeness (QED) is 0.491. The first kappa shape index (κ1) is 14.4. The predicted molar refractivity (Wildman–Crippen MR) is 84.1 cm³/mol. The molecule has 0 spiro atoms. The molecule has 2 aromatic carbocycles. The van der Waals surface area contributed by atoms with Crippen molar-refractivity contribution in [1.29, 1.82) is 0 Å². The van der Waals surface area contributed by atoms with Crippen LogP contribution in [0.4, 0.5) is 4.39 Å². The Labute approximate surface area is 126 Å². The van der Waals surface area contributed by atoms with Gasteiger partial charge in [0.1, 0.15) is 5.82 Å². The number of nitrogens with one attached hydrogen (secondary N) is 1. The molecule has 1 unspecified atom stereocenters. The van der Waals surface area contributed by atoms with E-state index in [-0.39, 0.29) is 11.9 Å². The van der Waals surface area contributed by atoms with E-state index in [0.717, 1.165) is 17.5 Å². The van der Waals surface area contributed by atoms with Crippen LogP contribution in [0.5, 0.6) is 0 Å². The molecule has 0 amide bonds. The number of hydrazine groups is 1. The maximum atomic E-state index is 13.4. The van der Waals surface area contributed by atoms with Crippen molar-refractivity contribution in [1.82, 2.24) is 5.43 Å². The summed E-state index contributed by atoms with van der Waals surface area (Å²) in [6, 6.07) is 13.0. The first-order valence-electron chi connectivity index (χ1n) is 6.07. The third-order valence-electron chi connectivity index (χ3n) is 3.17. The van der Waals surface area contributed by atoms with Gasteiger partial charge in [0.05, 0.1) is 6.04 Å². The Morgan fingerprint density at radius 3 is 2.53 bits per heavy atom. The summed E-state index contributed by atoms with van der Waals surface area (Å²) in [4.78, 5) is 0. The molecule has 2 aromatic rings. The summed E-state index contributed by atoms with van der Waals surface area (Å²) in [5.41, 5.74) is 5.89. The van der Waals surface area contributed by atoms with Crippen LogP contribution < -0.4 is 11.3 Å². The normalized spacial score (nSPS) is 12.4. The molecule has 4 heteroatoms. The van der Waals surface area contributed by atoms with E-state index in [1.165, 1.54) is 15.2 Å². The van der Waals surface area contributed by atoms with Gasteiger partial charge in [0.15, 0.2) is 0 Å². The van der Waals surface area contributed by atoms with Crippen LogP contribution in [0.15, 0.2) is 42.5 Å². The highest BCUT2D eigenvalue weighted by Crippen LogP contribution is 2.22. The molecule has 0 heterocycles. The third kappa shape index (κ3) is 3.75. The van der Waals surface area contributed by atoms with Crippen molar-refractivity contribution in [3.63, 3.8) is 0 Å². The first-order valence-corrected chi connectivity index (χ1v) is 7.14. The largest absolute Gasteiger partial charge is 0.271 e. The summed E-state index contributed by atoms with van der Waals surface area (Å²) in [5.74, 6) is 5.39. The molecule has 2 rings (SSSR count). The molecule has 0 aromatic heterocycles. The van der Waals surface area contributed by atoms with Crippen LogP contribution in [0.2, 0.25) is 0 Å². The summed E-state index contributed by atoms with van der Waals surface area (Å²) in [6.45, 7) is 1.97. The van der Waals surface area contributed by atoms with Crippen molar-refractivity contribution >= 4 is 22.6 Å². The predicted octanol–water partition coefficient (Wildman–Crippen LogP) is 3.49. The molecule has 0 saturated heterocycles. The average molecular weight is 370 g/mol. The van der Waals surface area contributed by atoms with E-state index in [9.17, 15) is 4.39 Å². The topological polar surface area (TPSA) is 38.0 Å². The van der Waals surface area contributed by atoms with E-state index in [2.05, 4.69) is 52.3 Å². The molecular formula is C15H16FIN2. The van der Waals surface area contributed by atoms with Crippen molar-refractivity contribution in [2.75, 3.05) is 0 Å². The minimum absolute atomic E-state index is 0.0873. The number of nitrogens with two attached hydrogens (primary N) is 1.